The highest BCUT2D eigenvalue weighted by Crippen LogP contribution is 2.40. The molecule has 0 radical (unpaired) electrons. The van der Waals surface area contributed by atoms with Gasteiger partial charge in [0.15, 0.2) is 6.61 Å². The molecule has 1 aliphatic heterocycles. The second-order valence-electron chi connectivity index (χ2n) is 8.11. The quantitative estimate of drug-likeness (QED) is 0.709. The van der Waals surface area contributed by atoms with Gasteiger partial charge in [0.05, 0.1) is 12.2 Å². The van der Waals surface area contributed by atoms with E-state index in [0.29, 0.717) is 5.92 Å². The molecular weight excluding hydrogens is 370 g/mol. The van der Waals surface area contributed by atoms with E-state index in [1.807, 2.05) is 17.0 Å². The van der Waals surface area contributed by atoms with Gasteiger partial charge >= 0.3 is 0 Å². The van der Waals surface area contributed by atoms with Crippen LogP contribution >= 0.6 is 11.3 Å². The van der Waals surface area contributed by atoms with Crippen molar-refractivity contribution in [2.45, 2.75) is 45.1 Å². The van der Waals surface area contributed by atoms with Gasteiger partial charge in [0.25, 0.3) is 5.91 Å². The van der Waals surface area contributed by atoms with Crippen LogP contribution in [0, 0.1) is 0 Å². The zero-order valence-corrected chi connectivity index (χ0v) is 17.6. The number of ether oxygens (including phenoxy) is 1. The first-order valence-corrected chi connectivity index (χ1v) is 11.1. The molecule has 6 heteroatoms. The Morgan fingerprint density at radius 2 is 1.89 bits per heavy atom. The Balaban J connectivity index is 1.20. The topological polar surface area (TPSA) is 45.7 Å². The fourth-order valence-corrected chi connectivity index (χ4v) is 4.41. The van der Waals surface area contributed by atoms with Gasteiger partial charge in [-0.25, -0.2) is 4.98 Å². The van der Waals surface area contributed by atoms with E-state index < -0.39 is 0 Å². The molecule has 2 fully saturated rings. The number of benzene rings is 1. The molecule has 2 heterocycles. The first kappa shape index (κ1) is 19.4. The van der Waals surface area contributed by atoms with Crippen molar-refractivity contribution in [2.24, 2.45) is 0 Å². The molecule has 0 spiro atoms. The maximum Gasteiger partial charge on any atom is 0.260 e. The van der Waals surface area contributed by atoms with Crippen molar-refractivity contribution in [1.82, 2.24) is 14.8 Å². The summed E-state index contributed by atoms with van der Waals surface area (Å²) in [5.41, 5.74) is 2.56. The van der Waals surface area contributed by atoms with Gasteiger partial charge in [-0.3, -0.25) is 9.69 Å². The van der Waals surface area contributed by atoms with Crippen LogP contribution in [0.5, 0.6) is 5.75 Å². The lowest BCUT2D eigenvalue weighted by Gasteiger charge is -2.34. The van der Waals surface area contributed by atoms with E-state index in [0.717, 1.165) is 44.4 Å². The first-order chi connectivity index (χ1) is 13.6. The van der Waals surface area contributed by atoms with Crippen molar-refractivity contribution in [3.05, 3.63) is 45.9 Å². The van der Waals surface area contributed by atoms with Crippen molar-refractivity contribution < 1.29 is 9.53 Å². The molecule has 1 aromatic heterocycles. The third-order valence-corrected chi connectivity index (χ3v) is 6.41. The number of carbonyl (C=O) groups excluding carboxylic acids is 1. The van der Waals surface area contributed by atoms with Crippen LogP contribution in [-0.2, 0) is 11.3 Å². The monoisotopic (exact) mass is 399 g/mol. The van der Waals surface area contributed by atoms with Crippen molar-refractivity contribution in [2.75, 3.05) is 32.8 Å². The lowest BCUT2D eigenvalue weighted by Crippen LogP contribution is -2.49. The van der Waals surface area contributed by atoms with Gasteiger partial charge < -0.3 is 9.64 Å². The third-order valence-electron chi connectivity index (χ3n) is 5.56. The summed E-state index contributed by atoms with van der Waals surface area (Å²) in [6, 6.07) is 8.03. The molecule has 0 atom stereocenters. The maximum atomic E-state index is 12.5. The molecule has 150 valence electrons. The minimum atomic E-state index is 0.0675. The van der Waals surface area contributed by atoms with Crippen molar-refractivity contribution >= 4 is 17.2 Å². The van der Waals surface area contributed by atoms with E-state index in [2.05, 4.69) is 36.3 Å². The summed E-state index contributed by atoms with van der Waals surface area (Å²) in [6.45, 7) is 8.65. The van der Waals surface area contributed by atoms with Crippen LogP contribution in [0.3, 0.4) is 0 Å². The van der Waals surface area contributed by atoms with E-state index in [4.69, 9.17) is 9.72 Å². The van der Waals surface area contributed by atoms with Crippen LogP contribution in [0.15, 0.2) is 29.6 Å². The summed E-state index contributed by atoms with van der Waals surface area (Å²) in [7, 11) is 0. The SMILES string of the molecule is CC(C)c1ccc(OCC(=O)N2CCN(Cc3nc(C4CC4)cs3)CC2)cc1. The second kappa shape index (κ2) is 8.62. The minimum absolute atomic E-state index is 0.0675. The second-order valence-corrected chi connectivity index (χ2v) is 9.05. The number of piperazine rings is 1. The van der Waals surface area contributed by atoms with Crippen LogP contribution < -0.4 is 4.74 Å². The Morgan fingerprint density at radius 1 is 1.18 bits per heavy atom. The Labute approximate surface area is 171 Å². The average molecular weight is 400 g/mol. The van der Waals surface area contributed by atoms with E-state index in [9.17, 15) is 4.79 Å². The number of hydrogen-bond donors (Lipinski definition) is 0. The van der Waals surface area contributed by atoms with Crippen LogP contribution in [0.25, 0.3) is 0 Å². The summed E-state index contributed by atoms with van der Waals surface area (Å²) in [4.78, 5) is 21.6. The number of carbonyl (C=O) groups is 1. The standard InChI is InChI=1S/C22H29N3O2S/c1-16(2)17-5-7-19(8-6-17)27-14-22(26)25-11-9-24(10-12-25)13-21-23-20(15-28-21)18-3-4-18/h5-8,15-16,18H,3-4,9-14H2,1-2H3. The van der Waals surface area contributed by atoms with Crippen molar-refractivity contribution in [3.8, 4) is 5.75 Å². The maximum absolute atomic E-state index is 12.5. The molecule has 0 unspecified atom stereocenters. The summed E-state index contributed by atoms with van der Waals surface area (Å²) in [5, 5.41) is 3.42. The number of aromatic nitrogens is 1. The summed E-state index contributed by atoms with van der Waals surface area (Å²) in [6.07, 6.45) is 2.60. The van der Waals surface area contributed by atoms with E-state index in [1.165, 1.54) is 29.1 Å². The van der Waals surface area contributed by atoms with Crippen LogP contribution in [0.1, 0.15) is 54.8 Å². The number of amides is 1. The van der Waals surface area contributed by atoms with Crippen LogP contribution in [0.4, 0.5) is 0 Å². The van der Waals surface area contributed by atoms with E-state index in [1.54, 1.807) is 11.3 Å². The molecule has 0 bridgehead atoms. The fraction of sp³-hybridized carbons (Fsp3) is 0.545. The lowest BCUT2D eigenvalue weighted by atomic mass is 10.0. The van der Waals surface area contributed by atoms with Gasteiger partial charge in [0, 0.05) is 37.5 Å². The molecule has 1 aromatic carbocycles. The van der Waals surface area contributed by atoms with E-state index >= 15 is 0 Å². The van der Waals surface area contributed by atoms with Gasteiger partial charge in [-0.05, 0) is 36.5 Å². The summed E-state index contributed by atoms with van der Waals surface area (Å²) >= 11 is 1.77. The fourth-order valence-electron chi connectivity index (χ4n) is 3.50. The Morgan fingerprint density at radius 3 is 2.54 bits per heavy atom. The smallest absolute Gasteiger partial charge is 0.260 e. The molecule has 1 saturated carbocycles. The predicted octanol–water partition coefficient (Wildman–Crippen LogP) is 3.87. The lowest BCUT2D eigenvalue weighted by molar-refractivity contribution is -0.135. The summed E-state index contributed by atoms with van der Waals surface area (Å²) < 4.78 is 5.70. The number of thiazole rings is 1. The van der Waals surface area contributed by atoms with E-state index in [-0.39, 0.29) is 12.5 Å². The van der Waals surface area contributed by atoms with Gasteiger partial charge in [-0.15, -0.1) is 11.3 Å². The molecule has 1 amide bonds. The number of nitrogens with zero attached hydrogens (tertiary/aromatic N) is 3. The summed E-state index contributed by atoms with van der Waals surface area (Å²) in [5.74, 6) is 2.04. The molecule has 0 N–H and O–H groups in total. The van der Waals surface area contributed by atoms with Gasteiger partial charge in [-0.2, -0.15) is 0 Å². The van der Waals surface area contributed by atoms with Crippen LogP contribution in [-0.4, -0.2) is 53.5 Å². The zero-order valence-electron chi connectivity index (χ0n) is 16.8. The molecule has 5 nitrogen and oxygen atoms in total. The molecule has 1 aliphatic carbocycles. The molecule has 4 rings (SSSR count). The Kier molecular flexibility index (Phi) is 5.97. The van der Waals surface area contributed by atoms with Crippen molar-refractivity contribution in [3.63, 3.8) is 0 Å². The Bertz CT molecular complexity index is 790. The molecule has 1 saturated heterocycles. The minimum Gasteiger partial charge on any atom is -0.484 e. The van der Waals surface area contributed by atoms with Gasteiger partial charge in [0.1, 0.15) is 10.8 Å². The van der Waals surface area contributed by atoms with Gasteiger partial charge in [-0.1, -0.05) is 26.0 Å². The number of hydrogen-bond acceptors (Lipinski definition) is 5. The largest absolute Gasteiger partial charge is 0.484 e. The highest BCUT2D eigenvalue weighted by atomic mass is 32.1. The molecular formula is C22H29N3O2S. The first-order valence-electron chi connectivity index (χ1n) is 10.3. The predicted molar refractivity (Wildman–Crippen MR) is 112 cm³/mol. The average Bonchev–Trinajstić information content (AvgIpc) is 3.46. The highest BCUT2D eigenvalue weighted by Gasteiger charge is 2.27. The third kappa shape index (κ3) is 4.92. The zero-order chi connectivity index (χ0) is 19.5. The molecule has 2 aliphatic rings. The highest BCUT2D eigenvalue weighted by molar-refractivity contribution is 7.09. The van der Waals surface area contributed by atoms with Crippen LogP contribution in [0.2, 0.25) is 0 Å². The number of rotatable bonds is 7. The molecule has 28 heavy (non-hydrogen) atoms. The van der Waals surface area contributed by atoms with Crippen molar-refractivity contribution in [1.29, 1.82) is 0 Å². The normalized spacial score (nSPS) is 17.9. The molecule has 2 aromatic rings. The van der Waals surface area contributed by atoms with Gasteiger partial charge in [0.2, 0.25) is 0 Å². The Hall–Kier alpha value is -1.92.